The maximum atomic E-state index is 12.2. The van der Waals surface area contributed by atoms with Gasteiger partial charge in [-0.25, -0.2) is 4.98 Å². The largest absolute Gasteiger partial charge is 0.382 e. The maximum Gasteiger partial charge on any atom is 0.267 e. The quantitative estimate of drug-likeness (QED) is 0.817. The second-order valence-electron chi connectivity index (χ2n) is 3.72. The lowest BCUT2D eigenvalue weighted by molar-refractivity contribution is 0.0768. The molecule has 0 fully saturated rings. The van der Waals surface area contributed by atoms with E-state index in [0.717, 1.165) is 19.4 Å². The van der Waals surface area contributed by atoms with Crippen LogP contribution in [0.15, 0.2) is 0 Å². The molecule has 0 bridgehead atoms. The Balaban J connectivity index is 2.81. The van der Waals surface area contributed by atoms with Crippen molar-refractivity contribution in [2.75, 3.05) is 31.2 Å². The molecule has 0 radical (unpaired) electrons. The fourth-order valence-corrected chi connectivity index (χ4v) is 2.29. The fraction of sp³-hybridized carbons (Fsp3) is 0.636. The molecule has 1 amide bonds. The minimum atomic E-state index is -0.0162. The molecule has 0 unspecified atom stereocenters. The van der Waals surface area contributed by atoms with Crippen LogP contribution in [0, 0.1) is 0 Å². The Morgan fingerprint density at radius 1 is 1.53 bits per heavy atom. The molecular weight excluding hydrogens is 236 g/mol. The van der Waals surface area contributed by atoms with Gasteiger partial charge in [-0.05, 0) is 13.3 Å². The molecule has 0 saturated carbocycles. The Hall–Kier alpha value is -1.30. The highest BCUT2D eigenvalue weighted by Gasteiger charge is 2.20. The van der Waals surface area contributed by atoms with Crippen molar-refractivity contribution < 1.29 is 4.79 Å². The van der Waals surface area contributed by atoms with Gasteiger partial charge in [-0.1, -0.05) is 24.7 Å². The number of nitrogens with zero attached hydrogens (tertiary/aromatic N) is 2. The number of thiazole rings is 1. The molecule has 0 aromatic carbocycles. The zero-order valence-electron chi connectivity index (χ0n) is 10.6. The molecule has 0 aliphatic carbocycles. The molecule has 5 nitrogen and oxygen atoms in total. The number of carbonyl (C=O) groups is 1. The average molecular weight is 256 g/mol. The van der Waals surface area contributed by atoms with Crippen LogP contribution in [0.1, 0.15) is 36.4 Å². The van der Waals surface area contributed by atoms with Crippen molar-refractivity contribution >= 4 is 28.2 Å². The summed E-state index contributed by atoms with van der Waals surface area (Å²) in [6.45, 7) is 5.56. The van der Waals surface area contributed by atoms with Gasteiger partial charge in [0.1, 0.15) is 10.7 Å². The molecule has 0 aliphatic rings. The van der Waals surface area contributed by atoms with Gasteiger partial charge in [0, 0.05) is 20.1 Å². The molecular formula is C11H20N4OS. The number of aromatic nitrogens is 1. The first-order chi connectivity index (χ1) is 8.13. The summed E-state index contributed by atoms with van der Waals surface area (Å²) in [7, 11) is 1.77. The second-order valence-corrected chi connectivity index (χ2v) is 4.72. The van der Waals surface area contributed by atoms with Crippen LogP contribution in [0.2, 0.25) is 0 Å². The van der Waals surface area contributed by atoms with Crippen LogP contribution in [-0.4, -0.2) is 35.9 Å². The van der Waals surface area contributed by atoms with Gasteiger partial charge in [0.05, 0.1) is 0 Å². The molecule has 0 spiro atoms. The third-order valence-corrected chi connectivity index (χ3v) is 3.59. The van der Waals surface area contributed by atoms with Crippen molar-refractivity contribution in [1.82, 2.24) is 9.88 Å². The van der Waals surface area contributed by atoms with Crippen LogP contribution in [0.3, 0.4) is 0 Å². The number of nitrogens with two attached hydrogens (primary N) is 1. The monoisotopic (exact) mass is 256 g/mol. The number of nitrogen functional groups attached to an aromatic ring is 1. The lowest BCUT2D eigenvalue weighted by Crippen LogP contribution is -2.31. The summed E-state index contributed by atoms with van der Waals surface area (Å²) in [6, 6.07) is 0. The Morgan fingerprint density at radius 2 is 2.24 bits per heavy atom. The average Bonchev–Trinajstić information content (AvgIpc) is 2.71. The van der Waals surface area contributed by atoms with E-state index in [4.69, 9.17) is 5.73 Å². The molecule has 1 aromatic rings. The number of amides is 1. The van der Waals surface area contributed by atoms with E-state index in [0.29, 0.717) is 22.4 Å². The number of hydrogen-bond donors (Lipinski definition) is 2. The van der Waals surface area contributed by atoms with E-state index in [1.807, 2.05) is 11.8 Å². The molecule has 0 atom stereocenters. The van der Waals surface area contributed by atoms with Gasteiger partial charge < -0.3 is 16.0 Å². The van der Waals surface area contributed by atoms with Crippen molar-refractivity contribution in [1.29, 1.82) is 0 Å². The van der Waals surface area contributed by atoms with E-state index in [1.54, 1.807) is 7.05 Å². The minimum Gasteiger partial charge on any atom is -0.382 e. The van der Waals surface area contributed by atoms with Gasteiger partial charge in [-0.2, -0.15) is 0 Å². The zero-order valence-corrected chi connectivity index (χ0v) is 11.4. The summed E-state index contributed by atoms with van der Waals surface area (Å²) in [4.78, 5) is 18.7. The highest BCUT2D eigenvalue weighted by Crippen LogP contribution is 2.25. The van der Waals surface area contributed by atoms with Gasteiger partial charge >= 0.3 is 0 Å². The third kappa shape index (κ3) is 3.33. The highest BCUT2D eigenvalue weighted by atomic mass is 32.1. The molecule has 1 heterocycles. The summed E-state index contributed by atoms with van der Waals surface area (Å²) in [5.41, 5.74) is 5.75. The van der Waals surface area contributed by atoms with Crippen LogP contribution in [0.25, 0.3) is 0 Å². The van der Waals surface area contributed by atoms with E-state index in [-0.39, 0.29) is 5.91 Å². The predicted molar refractivity (Wildman–Crippen MR) is 72.6 cm³/mol. The summed E-state index contributed by atoms with van der Waals surface area (Å²) < 4.78 is 0. The first kappa shape index (κ1) is 13.8. The zero-order chi connectivity index (χ0) is 12.8. The van der Waals surface area contributed by atoms with Crippen molar-refractivity contribution in [3.8, 4) is 0 Å². The third-order valence-electron chi connectivity index (χ3n) is 2.51. The van der Waals surface area contributed by atoms with Gasteiger partial charge in [0.15, 0.2) is 5.13 Å². The first-order valence-corrected chi connectivity index (χ1v) is 6.69. The smallest absolute Gasteiger partial charge is 0.267 e. The van der Waals surface area contributed by atoms with E-state index < -0.39 is 0 Å². The van der Waals surface area contributed by atoms with Gasteiger partial charge in [-0.3, -0.25) is 4.79 Å². The first-order valence-electron chi connectivity index (χ1n) is 5.87. The standard InChI is InChI=1S/C11H20N4OS/c1-4-6-7-15(5-2)10(16)8-9(12)14-11(13-3)17-8/h4-7,12H2,1-3H3,(H,13,14). The van der Waals surface area contributed by atoms with Crippen LogP contribution >= 0.6 is 11.3 Å². The topological polar surface area (TPSA) is 71.2 Å². The second kappa shape index (κ2) is 6.44. The minimum absolute atomic E-state index is 0.0162. The molecule has 0 aliphatic heterocycles. The molecule has 1 rings (SSSR count). The number of nitrogens with one attached hydrogen (secondary N) is 1. The van der Waals surface area contributed by atoms with Crippen molar-refractivity contribution in [2.24, 2.45) is 0 Å². The molecule has 96 valence electrons. The molecule has 0 saturated heterocycles. The molecule has 17 heavy (non-hydrogen) atoms. The van der Waals surface area contributed by atoms with Crippen LogP contribution in [-0.2, 0) is 0 Å². The van der Waals surface area contributed by atoms with Crippen LogP contribution in [0.4, 0.5) is 10.9 Å². The number of anilines is 2. The van der Waals surface area contributed by atoms with E-state index in [2.05, 4.69) is 17.2 Å². The maximum absolute atomic E-state index is 12.2. The van der Waals surface area contributed by atoms with Crippen LogP contribution < -0.4 is 11.1 Å². The molecule has 3 N–H and O–H groups in total. The normalized spacial score (nSPS) is 10.3. The highest BCUT2D eigenvalue weighted by molar-refractivity contribution is 7.18. The number of rotatable bonds is 6. The van der Waals surface area contributed by atoms with Crippen molar-refractivity contribution in [2.45, 2.75) is 26.7 Å². The number of hydrogen-bond acceptors (Lipinski definition) is 5. The lowest BCUT2D eigenvalue weighted by Gasteiger charge is -2.19. The summed E-state index contributed by atoms with van der Waals surface area (Å²) in [5, 5.41) is 3.58. The van der Waals surface area contributed by atoms with Gasteiger partial charge in [0.25, 0.3) is 5.91 Å². The lowest BCUT2D eigenvalue weighted by atomic mass is 10.3. The van der Waals surface area contributed by atoms with Gasteiger partial charge in [-0.15, -0.1) is 0 Å². The van der Waals surface area contributed by atoms with Crippen LogP contribution in [0.5, 0.6) is 0 Å². The van der Waals surface area contributed by atoms with E-state index >= 15 is 0 Å². The van der Waals surface area contributed by atoms with E-state index in [1.165, 1.54) is 11.3 Å². The SMILES string of the molecule is CCCCN(CC)C(=O)c1sc(NC)nc1N. The molecule has 6 heteroatoms. The number of unbranched alkanes of at least 4 members (excludes halogenated alkanes) is 1. The Labute approximate surface area is 106 Å². The van der Waals surface area contributed by atoms with E-state index in [9.17, 15) is 4.79 Å². The summed E-state index contributed by atoms with van der Waals surface area (Å²) in [6.07, 6.45) is 2.08. The Morgan fingerprint density at radius 3 is 2.71 bits per heavy atom. The Bertz CT molecular complexity index is 378. The molecule has 1 aromatic heterocycles. The van der Waals surface area contributed by atoms with Gasteiger partial charge in [0.2, 0.25) is 0 Å². The number of carbonyl (C=O) groups excluding carboxylic acids is 1. The van der Waals surface area contributed by atoms with Crippen molar-refractivity contribution in [3.63, 3.8) is 0 Å². The summed E-state index contributed by atoms with van der Waals surface area (Å²) >= 11 is 1.31. The summed E-state index contributed by atoms with van der Waals surface area (Å²) in [5.74, 6) is 0.303. The predicted octanol–water partition coefficient (Wildman–Crippen LogP) is 2.03. The fourth-order valence-electron chi connectivity index (χ4n) is 1.49. The Kier molecular flexibility index (Phi) is 5.21. The van der Waals surface area contributed by atoms with Crippen molar-refractivity contribution in [3.05, 3.63) is 4.88 Å².